The molecule has 0 unspecified atom stereocenters. The minimum atomic E-state index is -0.915. The number of thioether (sulfide) groups is 1. The summed E-state index contributed by atoms with van der Waals surface area (Å²) in [4.78, 5) is 13.9. The van der Waals surface area contributed by atoms with E-state index in [9.17, 15) is 18.7 Å². The average molecular weight is 287 g/mol. The molecule has 3 nitrogen and oxygen atoms in total. The molecule has 0 saturated carbocycles. The first-order valence-corrected chi connectivity index (χ1v) is 7.00. The Labute approximate surface area is 114 Å². The number of hydrogen-bond donors (Lipinski definition) is 1. The van der Waals surface area contributed by atoms with Crippen LogP contribution in [0.1, 0.15) is 13.3 Å². The minimum absolute atomic E-state index is 0.104. The van der Waals surface area contributed by atoms with Crippen molar-refractivity contribution in [3.05, 3.63) is 29.8 Å². The number of nitrogens with zero attached hydrogens (tertiary/aromatic N) is 1. The van der Waals surface area contributed by atoms with Gasteiger partial charge in [0.15, 0.2) is 11.6 Å². The fraction of sp³-hybridized carbons (Fsp3) is 0.462. The number of amides is 1. The van der Waals surface area contributed by atoms with Crippen LogP contribution in [0.15, 0.2) is 23.1 Å². The lowest BCUT2D eigenvalue weighted by atomic mass is 9.91. The van der Waals surface area contributed by atoms with Gasteiger partial charge in [0.1, 0.15) is 0 Å². The zero-order valence-electron chi connectivity index (χ0n) is 10.5. The van der Waals surface area contributed by atoms with E-state index in [1.54, 1.807) is 4.90 Å². The maximum atomic E-state index is 13.0. The number of β-amino-alcohol motifs (C(OH)–C–C–N with tert-alkyl or cyclic N) is 1. The normalized spacial score (nSPS) is 17.2. The quantitative estimate of drug-likeness (QED) is 0.862. The lowest BCUT2D eigenvalue weighted by Crippen LogP contribution is -2.63. The van der Waals surface area contributed by atoms with Crippen LogP contribution in [0.25, 0.3) is 0 Å². The van der Waals surface area contributed by atoms with Gasteiger partial charge in [-0.25, -0.2) is 8.78 Å². The molecule has 6 heteroatoms. The fourth-order valence-electron chi connectivity index (χ4n) is 1.87. The van der Waals surface area contributed by atoms with Crippen LogP contribution < -0.4 is 0 Å². The van der Waals surface area contributed by atoms with Crippen LogP contribution >= 0.6 is 11.8 Å². The third-order valence-corrected chi connectivity index (χ3v) is 4.21. The van der Waals surface area contributed by atoms with Crippen molar-refractivity contribution in [2.75, 3.05) is 18.8 Å². The number of rotatable bonds is 4. The van der Waals surface area contributed by atoms with E-state index in [1.807, 2.05) is 6.92 Å². The Kier molecular flexibility index (Phi) is 4.10. The van der Waals surface area contributed by atoms with Crippen molar-refractivity contribution >= 4 is 17.7 Å². The number of likely N-dealkylation sites (tertiary alicyclic amines) is 1. The first kappa shape index (κ1) is 14.3. The summed E-state index contributed by atoms with van der Waals surface area (Å²) in [6, 6.07) is 3.56. The molecule has 1 aromatic rings. The number of carbonyl (C=O) groups is 1. The molecule has 0 aliphatic carbocycles. The van der Waals surface area contributed by atoms with Crippen molar-refractivity contribution in [3.63, 3.8) is 0 Å². The zero-order chi connectivity index (χ0) is 14.0. The Hall–Kier alpha value is -1.14. The molecule has 1 amide bonds. The van der Waals surface area contributed by atoms with Gasteiger partial charge in [-0.3, -0.25) is 4.79 Å². The van der Waals surface area contributed by atoms with Crippen LogP contribution in [0.2, 0.25) is 0 Å². The molecule has 0 aromatic heterocycles. The molecule has 0 radical (unpaired) electrons. The van der Waals surface area contributed by atoms with Gasteiger partial charge in [-0.2, -0.15) is 0 Å². The second-order valence-corrected chi connectivity index (χ2v) is 5.74. The predicted molar refractivity (Wildman–Crippen MR) is 68.9 cm³/mol. The minimum Gasteiger partial charge on any atom is -0.386 e. The molecule has 1 aliphatic rings. The number of aliphatic hydroxyl groups is 1. The molecule has 19 heavy (non-hydrogen) atoms. The third kappa shape index (κ3) is 3.25. The van der Waals surface area contributed by atoms with E-state index in [1.165, 1.54) is 6.07 Å². The second-order valence-electron chi connectivity index (χ2n) is 4.69. The Bertz CT molecular complexity index is 490. The Morgan fingerprint density at radius 3 is 2.68 bits per heavy atom. The molecule has 0 bridgehead atoms. The van der Waals surface area contributed by atoms with E-state index in [0.717, 1.165) is 23.9 Å². The molecule has 1 saturated heterocycles. The number of benzene rings is 1. The van der Waals surface area contributed by atoms with Gasteiger partial charge in [0.05, 0.1) is 24.4 Å². The highest BCUT2D eigenvalue weighted by atomic mass is 32.2. The van der Waals surface area contributed by atoms with Gasteiger partial charge in [0.25, 0.3) is 0 Å². The molecule has 104 valence electrons. The summed E-state index contributed by atoms with van der Waals surface area (Å²) in [6.07, 6.45) is 0.618. The van der Waals surface area contributed by atoms with Gasteiger partial charge in [-0.1, -0.05) is 6.92 Å². The van der Waals surface area contributed by atoms with Crippen molar-refractivity contribution in [1.82, 2.24) is 4.90 Å². The predicted octanol–water partition coefficient (Wildman–Crippen LogP) is 2.04. The van der Waals surface area contributed by atoms with E-state index < -0.39 is 17.2 Å². The van der Waals surface area contributed by atoms with Crippen molar-refractivity contribution in [2.45, 2.75) is 23.8 Å². The summed E-state index contributed by atoms with van der Waals surface area (Å²) in [5, 5.41) is 9.80. The molecule has 2 rings (SSSR count). The van der Waals surface area contributed by atoms with Crippen molar-refractivity contribution < 1.29 is 18.7 Å². The van der Waals surface area contributed by atoms with Crippen LogP contribution in [0, 0.1) is 11.6 Å². The molecule has 1 fully saturated rings. The molecular weight excluding hydrogens is 272 g/mol. The van der Waals surface area contributed by atoms with E-state index >= 15 is 0 Å². The Morgan fingerprint density at radius 1 is 1.42 bits per heavy atom. The van der Waals surface area contributed by atoms with E-state index in [2.05, 4.69) is 0 Å². The highest BCUT2D eigenvalue weighted by Gasteiger charge is 2.41. The average Bonchev–Trinajstić information content (AvgIpc) is 2.36. The summed E-state index contributed by atoms with van der Waals surface area (Å²) >= 11 is 1.16. The van der Waals surface area contributed by atoms with Crippen LogP contribution in [0.3, 0.4) is 0 Å². The topological polar surface area (TPSA) is 40.5 Å². The van der Waals surface area contributed by atoms with Gasteiger partial charge in [0, 0.05) is 4.90 Å². The highest BCUT2D eigenvalue weighted by Crippen LogP contribution is 2.26. The number of carbonyl (C=O) groups excluding carboxylic acids is 1. The third-order valence-electron chi connectivity index (χ3n) is 3.23. The van der Waals surface area contributed by atoms with E-state index in [-0.39, 0.29) is 11.7 Å². The molecule has 0 spiro atoms. The molecule has 1 aromatic carbocycles. The van der Waals surface area contributed by atoms with Gasteiger partial charge in [0.2, 0.25) is 5.91 Å². The lowest BCUT2D eigenvalue weighted by Gasteiger charge is -2.46. The Balaban J connectivity index is 1.83. The standard InChI is InChI=1S/C13H15F2NO2S/c1-2-13(18)7-16(8-13)12(17)6-19-9-3-4-10(14)11(15)5-9/h3-5,18H,2,6-8H2,1H3. The molecule has 1 heterocycles. The summed E-state index contributed by atoms with van der Waals surface area (Å²) in [5.74, 6) is -1.76. The van der Waals surface area contributed by atoms with E-state index in [0.29, 0.717) is 24.4 Å². The summed E-state index contributed by atoms with van der Waals surface area (Å²) < 4.78 is 25.7. The zero-order valence-corrected chi connectivity index (χ0v) is 11.3. The van der Waals surface area contributed by atoms with Crippen molar-refractivity contribution in [2.24, 2.45) is 0 Å². The molecule has 1 aliphatic heterocycles. The van der Waals surface area contributed by atoms with Crippen LogP contribution in [0.4, 0.5) is 8.78 Å². The monoisotopic (exact) mass is 287 g/mol. The van der Waals surface area contributed by atoms with Crippen LogP contribution in [-0.4, -0.2) is 40.4 Å². The smallest absolute Gasteiger partial charge is 0.233 e. The summed E-state index contributed by atoms with van der Waals surface area (Å²) in [5.41, 5.74) is -0.748. The molecule has 1 N–H and O–H groups in total. The number of hydrogen-bond acceptors (Lipinski definition) is 3. The summed E-state index contributed by atoms with van der Waals surface area (Å²) in [6.45, 7) is 2.57. The Morgan fingerprint density at radius 2 is 2.11 bits per heavy atom. The first-order valence-electron chi connectivity index (χ1n) is 6.01. The fourth-order valence-corrected chi connectivity index (χ4v) is 2.69. The van der Waals surface area contributed by atoms with E-state index in [4.69, 9.17) is 0 Å². The maximum Gasteiger partial charge on any atom is 0.233 e. The van der Waals surface area contributed by atoms with Crippen molar-refractivity contribution in [3.8, 4) is 0 Å². The molecule has 0 atom stereocenters. The first-order chi connectivity index (χ1) is 8.93. The van der Waals surface area contributed by atoms with Gasteiger partial charge >= 0.3 is 0 Å². The van der Waals surface area contributed by atoms with Gasteiger partial charge in [-0.15, -0.1) is 11.8 Å². The molecular formula is C13H15F2NO2S. The van der Waals surface area contributed by atoms with Crippen molar-refractivity contribution in [1.29, 1.82) is 0 Å². The van der Waals surface area contributed by atoms with Gasteiger partial charge in [-0.05, 0) is 24.6 Å². The van der Waals surface area contributed by atoms with Crippen LogP contribution in [0.5, 0.6) is 0 Å². The largest absolute Gasteiger partial charge is 0.386 e. The van der Waals surface area contributed by atoms with Gasteiger partial charge < -0.3 is 10.0 Å². The second kappa shape index (κ2) is 5.46. The summed E-state index contributed by atoms with van der Waals surface area (Å²) in [7, 11) is 0. The lowest BCUT2D eigenvalue weighted by molar-refractivity contribution is -0.152. The SMILES string of the molecule is CCC1(O)CN(C(=O)CSc2ccc(F)c(F)c2)C1. The van der Waals surface area contributed by atoms with Crippen LogP contribution in [-0.2, 0) is 4.79 Å². The maximum absolute atomic E-state index is 13.0. The highest BCUT2D eigenvalue weighted by molar-refractivity contribution is 8.00. The number of halogens is 2.